The second-order valence-corrected chi connectivity index (χ2v) is 4.86. The average molecular weight is 270 g/mol. The van der Waals surface area contributed by atoms with Crippen molar-refractivity contribution >= 4 is 17.6 Å². The second-order valence-electron chi connectivity index (χ2n) is 4.42. The van der Waals surface area contributed by atoms with Crippen LogP contribution in [0.2, 0.25) is 5.02 Å². The van der Waals surface area contributed by atoms with Crippen LogP contribution in [0, 0.1) is 0 Å². The van der Waals surface area contributed by atoms with Gasteiger partial charge in [-0.15, -0.1) is 0 Å². The van der Waals surface area contributed by atoms with Gasteiger partial charge in [-0.3, -0.25) is 9.69 Å². The number of aliphatic carboxylic acids is 1. The standard InChI is InChI=1S/C13H16ClNO3/c1-18-12-5-4-10(14)7-9(12)8-15-6-2-3-11(15)13(16)17/h4-5,7,11H,2-3,6,8H2,1H3,(H,16,17). The molecule has 1 fully saturated rings. The molecular formula is C13H16ClNO3. The van der Waals surface area contributed by atoms with Gasteiger partial charge in [0.2, 0.25) is 0 Å². The molecule has 4 nitrogen and oxygen atoms in total. The molecule has 1 aromatic carbocycles. The Bertz CT molecular complexity index is 450. The smallest absolute Gasteiger partial charge is 0.320 e. The molecule has 1 unspecified atom stereocenters. The maximum absolute atomic E-state index is 11.1. The fourth-order valence-corrected chi connectivity index (χ4v) is 2.58. The summed E-state index contributed by atoms with van der Waals surface area (Å²) in [6, 6.07) is 5.01. The number of carbonyl (C=O) groups is 1. The molecule has 1 N–H and O–H groups in total. The average Bonchev–Trinajstić information content (AvgIpc) is 2.77. The molecule has 0 spiro atoms. The molecule has 1 saturated heterocycles. The van der Waals surface area contributed by atoms with E-state index in [9.17, 15) is 4.79 Å². The third-order valence-corrected chi connectivity index (χ3v) is 3.50. The number of ether oxygens (including phenoxy) is 1. The highest BCUT2D eigenvalue weighted by Crippen LogP contribution is 2.27. The van der Waals surface area contributed by atoms with Gasteiger partial charge in [0.25, 0.3) is 0 Å². The van der Waals surface area contributed by atoms with E-state index in [0.29, 0.717) is 18.0 Å². The van der Waals surface area contributed by atoms with E-state index < -0.39 is 12.0 Å². The summed E-state index contributed by atoms with van der Waals surface area (Å²) in [5.41, 5.74) is 0.929. The van der Waals surface area contributed by atoms with E-state index >= 15 is 0 Å². The molecule has 0 aliphatic carbocycles. The zero-order valence-corrected chi connectivity index (χ0v) is 11.0. The third kappa shape index (κ3) is 2.76. The highest BCUT2D eigenvalue weighted by Gasteiger charge is 2.30. The van der Waals surface area contributed by atoms with E-state index in [0.717, 1.165) is 24.3 Å². The van der Waals surface area contributed by atoms with Crippen molar-refractivity contribution in [1.29, 1.82) is 0 Å². The molecule has 1 heterocycles. The minimum atomic E-state index is -0.756. The van der Waals surface area contributed by atoms with Gasteiger partial charge in [0, 0.05) is 17.1 Å². The lowest BCUT2D eigenvalue weighted by Crippen LogP contribution is -2.35. The molecular weight excluding hydrogens is 254 g/mol. The number of methoxy groups -OCH3 is 1. The first kappa shape index (κ1) is 13.2. The number of halogens is 1. The van der Waals surface area contributed by atoms with Gasteiger partial charge in [0.15, 0.2) is 0 Å². The quantitative estimate of drug-likeness (QED) is 0.912. The molecule has 5 heteroatoms. The van der Waals surface area contributed by atoms with Crippen LogP contribution in [0.4, 0.5) is 0 Å². The lowest BCUT2D eigenvalue weighted by atomic mass is 10.1. The topological polar surface area (TPSA) is 49.8 Å². The van der Waals surface area contributed by atoms with Gasteiger partial charge >= 0.3 is 5.97 Å². The van der Waals surface area contributed by atoms with E-state index in [1.165, 1.54) is 0 Å². The van der Waals surface area contributed by atoms with Crippen molar-refractivity contribution in [2.75, 3.05) is 13.7 Å². The summed E-state index contributed by atoms with van der Waals surface area (Å²) in [7, 11) is 1.60. The Morgan fingerprint density at radius 1 is 1.61 bits per heavy atom. The van der Waals surface area contributed by atoms with Crippen LogP contribution in [0.15, 0.2) is 18.2 Å². The van der Waals surface area contributed by atoms with Crippen LogP contribution >= 0.6 is 11.6 Å². The largest absolute Gasteiger partial charge is 0.496 e. The summed E-state index contributed by atoms with van der Waals surface area (Å²) < 4.78 is 5.27. The number of likely N-dealkylation sites (tertiary alicyclic amines) is 1. The molecule has 0 aromatic heterocycles. The van der Waals surface area contributed by atoms with Crippen LogP contribution in [0.5, 0.6) is 5.75 Å². The molecule has 18 heavy (non-hydrogen) atoms. The van der Waals surface area contributed by atoms with Crippen LogP contribution in [-0.4, -0.2) is 35.7 Å². The maximum Gasteiger partial charge on any atom is 0.320 e. The highest BCUT2D eigenvalue weighted by molar-refractivity contribution is 6.30. The summed E-state index contributed by atoms with van der Waals surface area (Å²) in [5, 5.41) is 9.78. The lowest BCUT2D eigenvalue weighted by molar-refractivity contribution is -0.142. The number of nitrogens with zero attached hydrogens (tertiary/aromatic N) is 1. The fraction of sp³-hybridized carbons (Fsp3) is 0.462. The summed E-state index contributed by atoms with van der Waals surface area (Å²) >= 11 is 5.97. The lowest BCUT2D eigenvalue weighted by Gasteiger charge is -2.22. The first-order chi connectivity index (χ1) is 8.61. The second kappa shape index (κ2) is 5.59. The maximum atomic E-state index is 11.1. The van der Waals surface area contributed by atoms with Gasteiger partial charge in [0.05, 0.1) is 7.11 Å². The van der Waals surface area contributed by atoms with Crippen LogP contribution in [0.25, 0.3) is 0 Å². The molecule has 0 amide bonds. The molecule has 1 aromatic rings. The van der Waals surface area contributed by atoms with Crippen molar-refractivity contribution in [1.82, 2.24) is 4.90 Å². The van der Waals surface area contributed by atoms with Gasteiger partial charge in [-0.05, 0) is 37.6 Å². The van der Waals surface area contributed by atoms with Crippen molar-refractivity contribution in [3.8, 4) is 5.75 Å². The number of benzene rings is 1. The Hall–Kier alpha value is -1.26. The van der Waals surface area contributed by atoms with Crippen molar-refractivity contribution in [2.24, 2.45) is 0 Å². The zero-order valence-electron chi connectivity index (χ0n) is 10.2. The Morgan fingerprint density at radius 3 is 3.06 bits per heavy atom. The highest BCUT2D eigenvalue weighted by atomic mass is 35.5. The summed E-state index contributed by atoms with van der Waals surface area (Å²) in [6.07, 6.45) is 1.62. The molecule has 0 bridgehead atoms. The number of hydrogen-bond donors (Lipinski definition) is 1. The molecule has 1 aliphatic heterocycles. The van der Waals surface area contributed by atoms with Gasteiger partial charge in [-0.1, -0.05) is 11.6 Å². The van der Waals surface area contributed by atoms with E-state index in [1.54, 1.807) is 13.2 Å². The van der Waals surface area contributed by atoms with Gasteiger partial charge < -0.3 is 9.84 Å². The first-order valence-electron chi connectivity index (χ1n) is 5.91. The van der Waals surface area contributed by atoms with Crippen LogP contribution in [0.3, 0.4) is 0 Å². The first-order valence-corrected chi connectivity index (χ1v) is 6.29. The minimum absolute atomic E-state index is 0.395. The molecule has 1 aliphatic rings. The Balaban J connectivity index is 2.18. The number of rotatable bonds is 4. The summed E-state index contributed by atoms with van der Waals surface area (Å²) in [5.74, 6) is -0.0102. The summed E-state index contributed by atoms with van der Waals surface area (Å²) in [4.78, 5) is 13.1. The van der Waals surface area contributed by atoms with Crippen molar-refractivity contribution in [3.05, 3.63) is 28.8 Å². The molecule has 1 atom stereocenters. The van der Waals surface area contributed by atoms with Crippen molar-refractivity contribution in [2.45, 2.75) is 25.4 Å². The van der Waals surface area contributed by atoms with Crippen molar-refractivity contribution in [3.63, 3.8) is 0 Å². The zero-order chi connectivity index (χ0) is 13.1. The molecule has 98 valence electrons. The van der Waals surface area contributed by atoms with Gasteiger partial charge in [-0.2, -0.15) is 0 Å². The minimum Gasteiger partial charge on any atom is -0.496 e. The predicted octanol–water partition coefficient (Wildman–Crippen LogP) is 2.40. The van der Waals surface area contributed by atoms with E-state index in [-0.39, 0.29) is 0 Å². The van der Waals surface area contributed by atoms with Gasteiger partial charge in [0.1, 0.15) is 11.8 Å². The Kier molecular flexibility index (Phi) is 4.09. The Labute approximate surface area is 111 Å². The number of hydrogen-bond acceptors (Lipinski definition) is 3. The van der Waals surface area contributed by atoms with Crippen LogP contribution in [0.1, 0.15) is 18.4 Å². The monoisotopic (exact) mass is 269 g/mol. The van der Waals surface area contributed by atoms with Crippen molar-refractivity contribution < 1.29 is 14.6 Å². The molecule has 0 radical (unpaired) electrons. The van der Waals surface area contributed by atoms with Crippen LogP contribution in [-0.2, 0) is 11.3 Å². The number of carboxylic acid groups (broad SMARTS) is 1. The number of carboxylic acids is 1. The molecule has 2 rings (SSSR count). The summed E-state index contributed by atoms with van der Waals surface area (Å²) in [6.45, 7) is 1.35. The third-order valence-electron chi connectivity index (χ3n) is 3.26. The van der Waals surface area contributed by atoms with Crippen LogP contribution < -0.4 is 4.74 Å². The SMILES string of the molecule is COc1ccc(Cl)cc1CN1CCCC1C(=O)O. The van der Waals surface area contributed by atoms with E-state index in [2.05, 4.69) is 0 Å². The fourth-order valence-electron chi connectivity index (χ4n) is 2.38. The van der Waals surface area contributed by atoms with E-state index in [1.807, 2.05) is 17.0 Å². The Morgan fingerprint density at radius 2 is 2.39 bits per heavy atom. The normalized spacial score (nSPS) is 20.0. The predicted molar refractivity (Wildman–Crippen MR) is 69.1 cm³/mol. The van der Waals surface area contributed by atoms with E-state index in [4.69, 9.17) is 21.4 Å². The molecule has 0 saturated carbocycles. The van der Waals surface area contributed by atoms with Gasteiger partial charge in [-0.25, -0.2) is 0 Å².